The maximum Gasteiger partial charge on any atom is 0.249 e. The largest absolute Gasteiger partial charge is 0.491 e. The summed E-state index contributed by atoms with van der Waals surface area (Å²) in [5.74, 6) is 2.31. The third-order valence-corrected chi connectivity index (χ3v) is 4.22. The van der Waals surface area contributed by atoms with Gasteiger partial charge in [0.2, 0.25) is 5.95 Å². The van der Waals surface area contributed by atoms with Gasteiger partial charge < -0.3 is 15.4 Å². The highest BCUT2D eigenvalue weighted by Crippen LogP contribution is 2.29. The Bertz CT molecular complexity index is 922. The van der Waals surface area contributed by atoms with Crippen LogP contribution in [0.1, 0.15) is 44.7 Å². The van der Waals surface area contributed by atoms with Gasteiger partial charge in [0.05, 0.1) is 12.3 Å². The van der Waals surface area contributed by atoms with Crippen molar-refractivity contribution in [3.63, 3.8) is 0 Å². The molecule has 0 fully saturated rings. The van der Waals surface area contributed by atoms with Crippen molar-refractivity contribution in [1.82, 2.24) is 15.2 Å². The Kier molecular flexibility index (Phi) is 6.09. The first-order chi connectivity index (χ1) is 13.4. The summed E-state index contributed by atoms with van der Waals surface area (Å²) in [6.07, 6.45) is 1.75. The number of hydrogen-bond donors (Lipinski definition) is 2. The summed E-state index contributed by atoms with van der Waals surface area (Å²) >= 11 is 0. The van der Waals surface area contributed by atoms with E-state index in [1.54, 1.807) is 6.20 Å². The second kappa shape index (κ2) is 8.69. The van der Waals surface area contributed by atoms with Crippen LogP contribution in [-0.4, -0.2) is 21.3 Å². The van der Waals surface area contributed by atoms with E-state index in [2.05, 4.69) is 64.8 Å². The molecule has 0 saturated carbocycles. The molecular weight excluding hydrogens is 350 g/mol. The molecule has 6 heteroatoms. The van der Waals surface area contributed by atoms with Crippen LogP contribution >= 0.6 is 0 Å². The minimum Gasteiger partial charge on any atom is -0.491 e. The van der Waals surface area contributed by atoms with Gasteiger partial charge in [-0.05, 0) is 62.1 Å². The molecule has 146 valence electrons. The number of nitrogens with one attached hydrogen (secondary N) is 2. The first kappa shape index (κ1) is 19.6. The van der Waals surface area contributed by atoms with Crippen LogP contribution in [-0.2, 0) is 0 Å². The Morgan fingerprint density at radius 3 is 2.36 bits per heavy atom. The topological polar surface area (TPSA) is 72.0 Å². The molecule has 0 saturated heterocycles. The lowest BCUT2D eigenvalue weighted by Crippen LogP contribution is -2.06. The molecule has 0 unspecified atom stereocenters. The smallest absolute Gasteiger partial charge is 0.249 e. The van der Waals surface area contributed by atoms with Crippen LogP contribution in [0.2, 0.25) is 0 Å². The van der Waals surface area contributed by atoms with Gasteiger partial charge in [-0.2, -0.15) is 10.1 Å². The Balaban J connectivity index is 1.76. The Hall–Kier alpha value is -3.15. The van der Waals surface area contributed by atoms with Gasteiger partial charge in [-0.3, -0.25) is 0 Å². The minimum absolute atomic E-state index is 0.149. The molecule has 0 radical (unpaired) electrons. The lowest BCUT2D eigenvalue weighted by Gasteiger charge is -2.16. The Morgan fingerprint density at radius 2 is 1.68 bits per heavy atom. The molecule has 0 aliphatic heterocycles. The molecule has 3 aromatic rings. The van der Waals surface area contributed by atoms with Gasteiger partial charge in [0.1, 0.15) is 5.75 Å². The molecule has 0 aliphatic rings. The van der Waals surface area contributed by atoms with Crippen LogP contribution in [0.3, 0.4) is 0 Å². The molecular formula is C22H27N5O. The molecule has 2 N–H and O–H groups in total. The quantitative estimate of drug-likeness (QED) is 0.560. The van der Waals surface area contributed by atoms with Crippen molar-refractivity contribution in [3.05, 3.63) is 59.8 Å². The summed E-state index contributed by atoms with van der Waals surface area (Å²) in [7, 11) is 0. The zero-order valence-corrected chi connectivity index (χ0v) is 17.0. The van der Waals surface area contributed by atoms with Crippen molar-refractivity contribution in [2.45, 2.75) is 46.6 Å². The van der Waals surface area contributed by atoms with E-state index in [0.29, 0.717) is 17.7 Å². The molecule has 0 aliphatic carbocycles. The van der Waals surface area contributed by atoms with Gasteiger partial charge >= 0.3 is 0 Å². The molecule has 1 aromatic heterocycles. The number of aryl methyl sites for hydroxylation is 1. The van der Waals surface area contributed by atoms with Crippen molar-refractivity contribution in [3.8, 4) is 5.75 Å². The highest BCUT2D eigenvalue weighted by Gasteiger charge is 2.11. The van der Waals surface area contributed by atoms with Crippen molar-refractivity contribution >= 4 is 23.1 Å². The number of benzene rings is 2. The fraction of sp³-hybridized carbons (Fsp3) is 0.318. The van der Waals surface area contributed by atoms with Gasteiger partial charge in [-0.15, -0.1) is 5.10 Å². The van der Waals surface area contributed by atoms with Gasteiger partial charge in [-0.25, -0.2) is 0 Å². The number of para-hydroxylation sites is 1. The lowest BCUT2D eigenvalue weighted by molar-refractivity contribution is 0.242. The highest BCUT2D eigenvalue weighted by atomic mass is 16.5. The first-order valence-corrected chi connectivity index (χ1v) is 9.52. The third kappa shape index (κ3) is 4.97. The van der Waals surface area contributed by atoms with E-state index >= 15 is 0 Å². The molecule has 1 heterocycles. The van der Waals surface area contributed by atoms with Crippen molar-refractivity contribution in [2.24, 2.45) is 0 Å². The van der Waals surface area contributed by atoms with Crippen LogP contribution in [0.25, 0.3) is 0 Å². The Morgan fingerprint density at radius 1 is 0.929 bits per heavy atom. The maximum absolute atomic E-state index is 5.67. The van der Waals surface area contributed by atoms with E-state index in [1.165, 1.54) is 5.56 Å². The van der Waals surface area contributed by atoms with Crippen molar-refractivity contribution in [1.29, 1.82) is 0 Å². The fourth-order valence-corrected chi connectivity index (χ4v) is 2.91. The fourth-order valence-electron chi connectivity index (χ4n) is 2.91. The number of rotatable bonds is 7. The van der Waals surface area contributed by atoms with Crippen LogP contribution in [0, 0.1) is 6.92 Å². The van der Waals surface area contributed by atoms with E-state index in [1.807, 2.05) is 38.1 Å². The van der Waals surface area contributed by atoms with E-state index in [4.69, 9.17) is 4.74 Å². The SMILES string of the molecule is Cc1cccc(C(C)C)c1Nc1nncc(Nc2ccc(OC(C)C)cc2)n1. The summed E-state index contributed by atoms with van der Waals surface area (Å²) in [6, 6.07) is 14.0. The van der Waals surface area contributed by atoms with E-state index in [9.17, 15) is 0 Å². The molecule has 0 amide bonds. The zero-order valence-electron chi connectivity index (χ0n) is 17.0. The molecule has 0 spiro atoms. The summed E-state index contributed by atoms with van der Waals surface area (Å²) in [5.41, 5.74) is 4.31. The monoisotopic (exact) mass is 377 g/mol. The van der Waals surface area contributed by atoms with Crippen LogP contribution < -0.4 is 15.4 Å². The van der Waals surface area contributed by atoms with E-state index in [0.717, 1.165) is 22.7 Å². The van der Waals surface area contributed by atoms with Gasteiger partial charge in [0, 0.05) is 11.4 Å². The number of anilines is 4. The second-order valence-electron chi connectivity index (χ2n) is 7.30. The number of ether oxygens (including phenoxy) is 1. The van der Waals surface area contributed by atoms with E-state index in [-0.39, 0.29) is 6.10 Å². The average molecular weight is 377 g/mol. The zero-order chi connectivity index (χ0) is 20.1. The molecule has 2 aromatic carbocycles. The average Bonchev–Trinajstić information content (AvgIpc) is 2.65. The standard InChI is InChI=1S/C22H27N5O/c1-14(2)19-8-6-7-16(5)21(19)26-22-25-20(13-23-27-22)24-17-9-11-18(12-10-17)28-15(3)4/h6-15H,1-5H3,(H2,24,25,26,27). The lowest BCUT2D eigenvalue weighted by atomic mass is 9.98. The number of hydrogen-bond acceptors (Lipinski definition) is 6. The minimum atomic E-state index is 0.149. The maximum atomic E-state index is 5.67. The van der Waals surface area contributed by atoms with Crippen molar-refractivity contribution in [2.75, 3.05) is 10.6 Å². The number of nitrogens with zero attached hydrogens (tertiary/aromatic N) is 3. The predicted octanol–water partition coefficient (Wildman–Crippen LogP) is 5.58. The van der Waals surface area contributed by atoms with Crippen LogP contribution in [0.5, 0.6) is 5.75 Å². The molecule has 3 rings (SSSR count). The van der Waals surface area contributed by atoms with Gasteiger partial charge in [0.15, 0.2) is 5.82 Å². The number of aromatic nitrogens is 3. The third-order valence-electron chi connectivity index (χ3n) is 4.22. The molecule has 0 atom stereocenters. The van der Waals surface area contributed by atoms with E-state index < -0.39 is 0 Å². The van der Waals surface area contributed by atoms with Gasteiger partial charge in [-0.1, -0.05) is 32.0 Å². The normalized spacial score (nSPS) is 11.0. The summed E-state index contributed by atoms with van der Waals surface area (Å²) < 4.78 is 5.67. The summed E-state index contributed by atoms with van der Waals surface area (Å²) in [6.45, 7) is 10.4. The summed E-state index contributed by atoms with van der Waals surface area (Å²) in [4.78, 5) is 4.55. The Labute approximate surface area is 166 Å². The van der Waals surface area contributed by atoms with Crippen molar-refractivity contribution < 1.29 is 4.74 Å². The summed E-state index contributed by atoms with van der Waals surface area (Å²) in [5, 5.41) is 14.8. The molecule has 6 nitrogen and oxygen atoms in total. The second-order valence-corrected chi connectivity index (χ2v) is 7.30. The predicted molar refractivity (Wildman–Crippen MR) is 114 cm³/mol. The molecule has 0 bridgehead atoms. The van der Waals surface area contributed by atoms with Crippen LogP contribution in [0.4, 0.5) is 23.1 Å². The molecule has 28 heavy (non-hydrogen) atoms. The van der Waals surface area contributed by atoms with Crippen LogP contribution in [0.15, 0.2) is 48.7 Å². The first-order valence-electron chi connectivity index (χ1n) is 9.52. The highest BCUT2D eigenvalue weighted by molar-refractivity contribution is 5.65. The van der Waals surface area contributed by atoms with Gasteiger partial charge in [0.25, 0.3) is 0 Å².